The molecule has 0 saturated carbocycles. The average Bonchev–Trinajstić information content (AvgIpc) is 3.13. The minimum absolute atomic E-state index is 0.129. The van der Waals surface area contributed by atoms with E-state index in [1.54, 1.807) is 19.1 Å². The molecule has 0 aromatic heterocycles. The molecule has 1 N–H and O–H groups in total. The lowest BCUT2D eigenvalue weighted by molar-refractivity contribution is -0.138. The van der Waals surface area contributed by atoms with Crippen molar-refractivity contribution in [3.05, 3.63) is 42.0 Å². The molecule has 0 unspecified atom stereocenters. The Labute approximate surface area is 140 Å². The van der Waals surface area contributed by atoms with Crippen molar-refractivity contribution in [2.75, 3.05) is 11.5 Å². The monoisotopic (exact) mass is 353 g/mol. The highest BCUT2D eigenvalue weighted by molar-refractivity contribution is 6.23. The van der Waals surface area contributed by atoms with Gasteiger partial charge in [-0.3, -0.25) is 9.59 Å². The Hall–Kier alpha value is -2.19. The molecule has 4 rings (SSSR count). The third-order valence-corrected chi connectivity index (χ3v) is 5.24. The number of aliphatic hydroxyl groups is 1. The average molecular weight is 353 g/mol. The van der Waals surface area contributed by atoms with Gasteiger partial charge in [0.05, 0.1) is 35.3 Å². The zero-order valence-electron chi connectivity index (χ0n) is 13.1. The highest BCUT2D eigenvalue weighted by Crippen LogP contribution is 2.57. The summed E-state index contributed by atoms with van der Waals surface area (Å²) in [6, 6.07) is 4.09. The van der Waals surface area contributed by atoms with E-state index in [1.807, 2.05) is 0 Å². The first-order chi connectivity index (χ1) is 11.6. The maximum absolute atomic E-state index is 12.9. The van der Waals surface area contributed by atoms with Crippen LogP contribution in [0.15, 0.2) is 36.4 Å². The highest BCUT2D eigenvalue weighted by Gasteiger charge is 2.72. The van der Waals surface area contributed by atoms with Crippen molar-refractivity contribution in [1.29, 1.82) is 0 Å². The van der Waals surface area contributed by atoms with Gasteiger partial charge in [-0.15, -0.1) is 0 Å². The van der Waals surface area contributed by atoms with E-state index in [0.29, 0.717) is 0 Å². The van der Waals surface area contributed by atoms with Gasteiger partial charge in [-0.1, -0.05) is 18.2 Å². The van der Waals surface area contributed by atoms with Crippen LogP contribution in [-0.2, 0) is 20.5 Å². The lowest BCUT2D eigenvalue weighted by Gasteiger charge is -2.27. The van der Waals surface area contributed by atoms with Crippen LogP contribution in [0.4, 0.5) is 18.9 Å². The molecular weight excluding hydrogens is 339 g/mol. The number of amides is 2. The fourth-order valence-electron chi connectivity index (χ4n) is 4.12. The van der Waals surface area contributed by atoms with Crippen molar-refractivity contribution in [3.63, 3.8) is 0 Å². The smallest absolute Gasteiger partial charge is 0.393 e. The summed E-state index contributed by atoms with van der Waals surface area (Å²) < 4.78 is 44.6. The van der Waals surface area contributed by atoms with Gasteiger partial charge in [0.25, 0.3) is 0 Å². The Bertz CT molecular complexity index is 820. The van der Waals surface area contributed by atoms with E-state index in [2.05, 4.69) is 0 Å². The minimum Gasteiger partial charge on any atom is -0.393 e. The van der Waals surface area contributed by atoms with E-state index in [-0.39, 0.29) is 5.69 Å². The molecule has 1 aromatic carbocycles. The van der Waals surface area contributed by atoms with Gasteiger partial charge in [0.1, 0.15) is 5.60 Å². The van der Waals surface area contributed by atoms with Gasteiger partial charge >= 0.3 is 6.18 Å². The number of hydrogen-bond acceptors (Lipinski definition) is 4. The molecule has 25 heavy (non-hydrogen) atoms. The lowest BCUT2D eigenvalue weighted by Crippen LogP contribution is -2.43. The Morgan fingerprint density at radius 1 is 1.20 bits per heavy atom. The normalized spacial score (nSPS) is 36.4. The predicted molar refractivity (Wildman–Crippen MR) is 79.4 cm³/mol. The molecule has 3 aliphatic heterocycles. The number of ether oxygens (including phenoxy) is 1. The van der Waals surface area contributed by atoms with E-state index in [1.165, 1.54) is 6.07 Å². The third-order valence-electron chi connectivity index (χ3n) is 5.24. The molecular formula is C17H14F3NO4. The Balaban J connectivity index is 1.78. The zero-order valence-corrected chi connectivity index (χ0v) is 13.1. The number of halogens is 3. The van der Waals surface area contributed by atoms with Crippen LogP contribution in [0.25, 0.3) is 0 Å². The minimum atomic E-state index is -4.58. The molecule has 0 radical (unpaired) electrons. The van der Waals surface area contributed by atoms with Crippen molar-refractivity contribution in [1.82, 2.24) is 0 Å². The van der Waals surface area contributed by atoms with Crippen LogP contribution in [0.1, 0.15) is 12.5 Å². The number of alkyl halides is 3. The summed E-state index contributed by atoms with van der Waals surface area (Å²) in [6.07, 6.45) is -1.39. The zero-order chi connectivity index (χ0) is 18.2. The summed E-state index contributed by atoms with van der Waals surface area (Å²) in [4.78, 5) is 26.5. The van der Waals surface area contributed by atoms with E-state index < -0.39 is 53.2 Å². The molecule has 2 amide bonds. The molecule has 1 aromatic rings. The summed E-state index contributed by atoms with van der Waals surface area (Å²) in [5.74, 6) is -3.09. The van der Waals surface area contributed by atoms with Crippen molar-refractivity contribution in [2.24, 2.45) is 11.8 Å². The molecule has 8 heteroatoms. The number of hydrogen-bond donors (Lipinski definition) is 1. The number of anilines is 1. The van der Waals surface area contributed by atoms with Crippen LogP contribution in [-0.4, -0.2) is 34.7 Å². The van der Waals surface area contributed by atoms with Crippen molar-refractivity contribution < 1.29 is 32.6 Å². The van der Waals surface area contributed by atoms with Crippen molar-refractivity contribution in [2.45, 2.75) is 24.3 Å². The number of carbonyl (C=O) groups excluding carboxylic acids is 2. The van der Waals surface area contributed by atoms with Crippen molar-refractivity contribution >= 4 is 17.5 Å². The van der Waals surface area contributed by atoms with Crippen molar-refractivity contribution in [3.8, 4) is 0 Å². The van der Waals surface area contributed by atoms with E-state index in [0.717, 1.165) is 23.1 Å². The number of rotatable bonds is 2. The SMILES string of the molecule is C[C@]12C=C[C@](CO)(O1)[C@@H]1C(=O)N(c3cccc(C(F)(F)F)c3)C(=O)[C@@H]12. The van der Waals surface area contributed by atoms with Crippen LogP contribution < -0.4 is 4.90 Å². The van der Waals surface area contributed by atoms with Crippen LogP contribution >= 0.6 is 0 Å². The molecule has 0 aliphatic carbocycles. The number of benzene rings is 1. The van der Waals surface area contributed by atoms with Crippen LogP contribution in [0.2, 0.25) is 0 Å². The highest BCUT2D eigenvalue weighted by atomic mass is 19.4. The molecule has 2 saturated heterocycles. The fourth-order valence-corrected chi connectivity index (χ4v) is 4.12. The van der Waals surface area contributed by atoms with Crippen LogP contribution in [0, 0.1) is 11.8 Å². The standard InChI is InChI=1S/C17H14F3NO4/c1-15-5-6-16(8-22,25-15)12-11(15)13(23)21(14(12)24)10-4-2-3-9(7-10)17(18,19)20/h2-7,11-12,22H,8H2,1H3/t11-,12+,15-,16-/m1/s1. The Morgan fingerprint density at radius 3 is 2.52 bits per heavy atom. The molecule has 3 heterocycles. The summed E-state index contributed by atoms with van der Waals surface area (Å²) in [5.41, 5.74) is -3.43. The molecule has 2 fully saturated rings. The van der Waals surface area contributed by atoms with Gasteiger partial charge in [0, 0.05) is 0 Å². The summed E-state index contributed by atoms with van der Waals surface area (Å²) in [7, 11) is 0. The second kappa shape index (κ2) is 4.70. The largest absolute Gasteiger partial charge is 0.416 e. The van der Waals surface area contributed by atoms with Crippen LogP contribution in [0.3, 0.4) is 0 Å². The van der Waals surface area contributed by atoms with Gasteiger partial charge in [0.15, 0.2) is 0 Å². The summed E-state index contributed by atoms with van der Waals surface area (Å²) in [6.45, 7) is 1.14. The number of aliphatic hydroxyl groups excluding tert-OH is 1. The number of imide groups is 1. The molecule has 5 nitrogen and oxygen atoms in total. The van der Waals surface area contributed by atoms with E-state index >= 15 is 0 Å². The molecule has 4 atom stereocenters. The maximum atomic E-state index is 12.9. The summed E-state index contributed by atoms with van der Waals surface area (Å²) in [5, 5.41) is 9.71. The number of fused-ring (bicyclic) bond motifs is 5. The Kier molecular flexibility index (Phi) is 3.06. The topological polar surface area (TPSA) is 66.8 Å². The molecule has 3 aliphatic rings. The van der Waals surface area contributed by atoms with Gasteiger partial charge in [-0.05, 0) is 25.1 Å². The first-order valence-electron chi connectivity index (χ1n) is 7.69. The van der Waals surface area contributed by atoms with Gasteiger partial charge in [0.2, 0.25) is 11.8 Å². The second-order valence-corrected chi connectivity index (χ2v) is 6.75. The number of carbonyl (C=O) groups is 2. The first-order valence-corrected chi connectivity index (χ1v) is 7.69. The van der Waals surface area contributed by atoms with E-state index in [9.17, 15) is 27.9 Å². The van der Waals surface area contributed by atoms with Gasteiger partial charge in [-0.25, -0.2) is 4.90 Å². The molecule has 0 spiro atoms. The summed E-state index contributed by atoms with van der Waals surface area (Å²) >= 11 is 0. The molecule has 2 bridgehead atoms. The fraction of sp³-hybridized carbons (Fsp3) is 0.412. The van der Waals surface area contributed by atoms with E-state index in [4.69, 9.17) is 4.74 Å². The maximum Gasteiger partial charge on any atom is 0.416 e. The van der Waals surface area contributed by atoms with Gasteiger partial charge < -0.3 is 9.84 Å². The molecule has 132 valence electrons. The first kappa shape index (κ1) is 16.3. The number of nitrogens with zero attached hydrogens (tertiary/aromatic N) is 1. The van der Waals surface area contributed by atoms with Gasteiger partial charge in [-0.2, -0.15) is 13.2 Å². The quantitative estimate of drug-likeness (QED) is 0.651. The Morgan fingerprint density at radius 2 is 1.88 bits per heavy atom. The lowest BCUT2D eigenvalue weighted by atomic mass is 9.73. The third kappa shape index (κ3) is 1.98. The van der Waals surface area contributed by atoms with Crippen LogP contribution in [0.5, 0.6) is 0 Å². The second-order valence-electron chi connectivity index (χ2n) is 6.75. The predicted octanol–water partition coefficient (Wildman–Crippen LogP) is 1.90.